The molecule has 9 nitrogen and oxygen atoms in total. The number of anilines is 1. The highest BCUT2D eigenvalue weighted by atomic mass is 32.2. The molecule has 0 radical (unpaired) electrons. The van der Waals surface area contributed by atoms with E-state index in [-0.39, 0.29) is 5.92 Å². The van der Waals surface area contributed by atoms with Crippen LogP contribution in [0.15, 0.2) is 48.7 Å². The Hall–Kier alpha value is -3.40. The number of pyridine rings is 1. The van der Waals surface area contributed by atoms with E-state index in [2.05, 4.69) is 23.7 Å². The van der Waals surface area contributed by atoms with Crippen molar-refractivity contribution in [3.63, 3.8) is 0 Å². The number of fused-ring (bicyclic) bond motifs is 2. The highest BCUT2D eigenvalue weighted by Crippen LogP contribution is 2.52. The number of carbonyl (C=O) groups is 2. The van der Waals surface area contributed by atoms with Crippen molar-refractivity contribution in [2.75, 3.05) is 23.9 Å². The fourth-order valence-corrected chi connectivity index (χ4v) is 6.89. The van der Waals surface area contributed by atoms with Crippen LogP contribution in [0.5, 0.6) is 0 Å². The molecule has 1 aromatic heterocycles. The second-order valence-corrected chi connectivity index (χ2v) is 11.8. The predicted molar refractivity (Wildman–Crippen MR) is 135 cm³/mol. The van der Waals surface area contributed by atoms with Crippen LogP contribution in [0.4, 0.5) is 32.0 Å². The number of piperidine rings is 1. The van der Waals surface area contributed by atoms with Crippen LogP contribution >= 0.6 is 0 Å². The number of likely N-dealkylation sites (tertiary alicyclic amines) is 1. The smallest absolute Gasteiger partial charge is 0.475 e. The van der Waals surface area contributed by atoms with Gasteiger partial charge in [-0.1, -0.05) is 38.1 Å². The number of para-hydroxylation sites is 1. The summed E-state index contributed by atoms with van der Waals surface area (Å²) in [6.45, 7) is 6.98. The molecule has 0 saturated carbocycles. The van der Waals surface area contributed by atoms with Gasteiger partial charge < -0.3 is 10.2 Å². The third-order valence-electron chi connectivity index (χ3n) is 6.24. The molecule has 16 heteroatoms. The standard InChI is InChI=1S/C21H27N3O2S.2C2HF3O2/c1-17(2)15-24-20-9-4-3-8-19(20)21(27(24,25)26)10-13-23(14-11-21)16-18-7-5-6-12-22-18;2*3-2(4,5)1(6)7/h3-9,12,17H,10-11,13-16H2,1-2H3;2*(H,6,7). The number of halogens is 6. The highest BCUT2D eigenvalue weighted by molar-refractivity contribution is 7.94. The highest BCUT2D eigenvalue weighted by Gasteiger charge is 2.56. The first-order valence-corrected chi connectivity index (χ1v) is 13.6. The van der Waals surface area contributed by atoms with Crippen molar-refractivity contribution in [3.05, 3.63) is 59.9 Å². The number of alkyl halides is 6. The van der Waals surface area contributed by atoms with E-state index >= 15 is 0 Å². The van der Waals surface area contributed by atoms with Gasteiger partial charge in [0, 0.05) is 32.4 Å². The molecule has 41 heavy (non-hydrogen) atoms. The zero-order chi connectivity index (χ0) is 31.2. The first kappa shape index (κ1) is 33.8. The molecule has 4 rings (SSSR count). The molecular weight excluding hydrogens is 584 g/mol. The molecule has 0 bridgehead atoms. The van der Waals surface area contributed by atoms with Gasteiger partial charge in [0.1, 0.15) is 4.75 Å². The largest absolute Gasteiger partial charge is 0.490 e. The van der Waals surface area contributed by atoms with E-state index in [1.54, 1.807) is 4.31 Å². The number of rotatable bonds is 4. The average molecular weight is 614 g/mol. The molecule has 2 aromatic rings. The second kappa shape index (κ2) is 13.1. The average Bonchev–Trinajstić information content (AvgIpc) is 3.04. The van der Waals surface area contributed by atoms with E-state index in [1.165, 1.54) is 0 Å². The van der Waals surface area contributed by atoms with Crippen LogP contribution in [0.2, 0.25) is 0 Å². The molecule has 2 N–H and O–H groups in total. The summed E-state index contributed by atoms with van der Waals surface area (Å²) in [7, 11) is -3.41. The minimum absolute atomic E-state index is 0.284. The molecule has 2 aliphatic heterocycles. The van der Waals surface area contributed by atoms with E-state index in [0.29, 0.717) is 19.4 Å². The van der Waals surface area contributed by atoms with Gasteiger partial charge >= 0.3 is 24.3 Å². The zero-order valence-electron chi connectivity index (χ0n) is 22.0. The number of aromatic nitrogens is 1. The fraction of sp³-hybridized carbons (Fsp3) is 0.480. The summed E-state index contributed by atoms with van der Waals surface area (Å²) < 4.78 is 91.6. The number of benzene rings is 1. The third kappa shape index (κ3) is 8.31. The molecule has 0 aliphatic carbocycles. The summed E-state index contributed by atoms with van der Waals surface area (Å²) in [5.74, 6) is -5.23. The van der Waals surface area contributed by atoms with Crippen molar-refractivity contribution in [1.82, 2.24) is 9.88 Å². The quantitative estimate of drug-likeness (QED) is 0.478. The monoisotopic (exact) mass is 613 g/mol. The Morgan fingerprint density at radius 2 is 1.41 bits per heavy atom. The first-order valence-electron chi connectivity index (χ1n) is 12.2. The molecule has 0 unspecified atom stereocenters. The van der Waals surface area contributed by atoms with E-state index in [0.717, 1.165) is 36.6 Å². The minimum atomic E-state index is -5.08. The summed E-state index contributed by atoms with van der Waals surface area (Å²) in [6, 6.07) is 13.8. The lowest BCUT2D eigenvalue weighted by atomic mass is 9.87. The van der Waals surface area contributed by atoms with Crippen LogP contribution < -0.4 is 4.31 Å². The van der Waals surface area contributed by atoms with Crippen molar-refractivity contribution in [2.24, 2.45) is 5.92 Å². The minimum Gasteiger partial charge on any atom is -0.475 e. The maximum Gasteiger partial charge on any atom is 0.490 e. The summed E-state index contributed by atoms with van der Waals surface area (Å²) >= 11 is 0. The molecular formula is C25H29F6N3O6S. The lowest BCUT2D eigenvalue weighted by molar-refractivity contribution is -0.193. The van der Waals surface area contributed by atoms with Gasteiger partial charge in [0.25, 0.3) is 0 Å². The van der Waals surface area contributed by atoms with Gasteiger partial charge in [0.15, 0.2) is 0 Å². The van der Waals surface area contributed by atoms with Gasteiger partial charge in [0.2, 0.25) is 10.0 Å². The number of aliphatic carboxylic acids is 2. The van der Waals surface area contributed by atoms with Crippen molar-refractivity contribution in [2.45, 2.75) is 50.3 Å². The Balaban J connectivity index is 0.000000349. The van der Waals surface area contributed by atoms with Crippen LogP contribution in [-0.2, 0) is 30.9 Å². The molecule has 1 fully saturated rings. The number of hydrogen-bond donors (Lipinski definition) is 2. The Bertz CT molecular complexity index is 1270. The molecule has 2 aliphatic rings. The van der Waals surface area contributed by atoms with Crippen LogP contribution in [0.1, 0.15) is 37.9 Å². The van der Waals surface area contributed by atoms with Gasteiger partial charge in [-0.05, 0) is 42.5 Å². The molecule has 0 atom stereocenters. The lowest BCUT2D eigenvalue weighted by Gasteiger charge is -2.39. The van der Waals surface area contributed by atoms with Gasteiger partial charge in [-0.2, -0.15) is 26.3 Å². The molecule has 228 valence electrons. The number of carboxylic acids is 2. The Kier molecular flexibility index (Phi) is 10.8. The van der Waals surface area contributed by atoms with Gasteiger partial charge in [0.05, 0.1) is 11.4 Å². The van der Waals surface area contributed by atoms with Crippen LogP contribution in [0.25, 0.3) is 0 Å². The zero-order valence-corrected chi connectivity index (χ0v) is 22.8. The van der Waals surface area contributed by atoms with Gasteiger partial charge in [-0.15, -0.1) is 0 Å². The summed E-state index contributed by atoms with van der Waals surface area (Å²) in [5.41, 5.74) is 2.90. The Morgan fingerprint density at radius 3 is 1.85 bits per heavy atom. The Labute approximate surface area is 232 Å². The lowest BCUT2D eigenvalue weighted by Crippen LogP contribution is -2.48. The van der Waals surface area contributed by atoms with E-state index < -0.39 is 39.1 Å². The summed E-state index contributed by atoms with van der Waals surface area (Å²) in [4.78, 5) is 24.5. The van der Waals surface area contributed by atoms with E-state index in [1.807, 2.05) is 48.7 Å². The van der Waals surface area contributed by atoms with Crippen LogP contribution in [-0.4, -0.2) is 72.4 Å². The van der Waals surface area contributed by atoms with Crippen LogP contribution in [0.3, 0.4) is 0 Å². The van der Waals surface area contributed by atoms with E-state index in [4.69, 9.17) is 19.8 Å². The Morgan fingerprint density at radius 1 is 0.927 bits per heavy atom. The number of sulfonamides is 1. The first-order chi connectivity index (χ1) is 18.8. The topological polar surface area (TPSA) is 128 Å². The molecule has 1 spiro atoms. The molecule has 1 saturated heterocycles. The maximum atomic E-state index is 13.6. The van der Waals surface area contributed by atoms with Crippen molar-refractivity contribution in [3.8, 4) is 0 Å². The number of nitrogens with zero attached hydrogens (tertiary/aromatic N) is 3. The fourth-order valence-electron chi connectivity index (χ4n) is 4.40. The van der Waals surface area contributed by atoms with E-state index in [9.17, 15) is 34.8 Å². The SMILES string of the molecule is CC(C)CN1c2ccccc2C2(CCN(Cc3ccccn3)CC2)S1(=O)=O.O=C(O)C(F)(F)F.O=C(O)C(F)(F)F. The number of carboxylic acid groups (broad SMARTS) is 2. The normalized spacial score (nSPS) is 17.6. The molecule has 1 aromatic carbocycles. The summed E-state index contributed by atoms with van der Waals surface area (Å²) in [6.07, 6.45) is -7.09. The van der Waals surface area contributed by atoms with Gasteiger partial charge in [-0.25, -0.2) is 18.0 Å². The number of hydrogen-bond acceptors (Lipinski definition) is 6. The maximum absolute atomic E-state index is 13.6. The summed E-state index contributed by atoms with van der Waals surface area (Å²) in [5, 5.41) is 14.2. The predicted octanol–water partition coefficient (Wildman–Crippen LogP) is 4.65. The van der Waals surface area contributed by atoms with Crippen molar-refractivity contribution >= 4 is 27.6 Å². The third-order valence-corrected chi connectivity index (χ3v) is 8.78. The van der Waals surface area contributed by atoms with Gasteiger partial charge in [-0.3, -0.25) is 14.2 Å². The van der Waals surface area contributed by atoms with Crippen molar-refractivity contribution < 1.29 is 54.6 Å². The second-order valence-electron chi connectivity index (χ2n) is 9.64. The molecule has 0 amide bonds. The van der Waals surface area contributed by atoms with Crippen LogP contribution in [0, 0.1) is 5.92 Å². The molecule has 3 heterocycles. The van der Waals surface area contributed by atoms with Crippen molar-refractivity contribution in [1.29, 1.82) is 0 Å².